The topological polar surface area (TPSA) is 49.4 Å². The molecular formula is C29H32ClFN2O2S. The summed E-state index contributed by atoms with van der Waals surface area (Å²) in [5.41, 5.74) is 2.77. The number of hydrogen-bond acceptors (Lipinski definition) is 3. The minimum Gasteiger partial charge on any atom is -0.354 e. The van der Waals surface area contributed by atoms with Gasteiger partial charge < -0.3 is 10.2 Å². The van der Waals surface area contributed by atoms with Crippen molar-refractivity contribution >= 4 is 35.2 Å². The number of halogens is 2. The largest absolute Gasteiger partial charge is 0.354 e. The molecule has 0 bridgehead atoms. The Bertz CT molecular complexity index is 1110. The van der Waals surface area contributed by atoms with E-state index in [4.69, 9.17) is 11.6 Å². The van der Waals surface area contributed by atoms with E-state index in [1.54, 1.807) is 17.0 Å². The second-order valence-corrected chi connectivity index (χ2v) is 10.0. The number of carbonyl (C=O) groups excluding carboxylic acids is 2. The number of hydrogen-bond donors (Lipinski definition) is 1. The van der Waals surface area contributed by atoms with Crippen LogP contribution in [-0.4, -0.2) is 35.1 Å². The summed E-state index contributed by atoms with van der Waals surface area (Å²) in [6.45, 7) is 2.84. The highest BCUT2D eigenvalue weighted by molar-refractivity contribution is 7.99. The van der Waals surface area contributed by atoms with Gasteiger partial charge in [-0.1, -0.05) is 79.5 Å². The van der Waals surface area contributed by atoms with Crippen LogP contribution in [0.1, 0.15) is 36.5 Å². The fraction of sp³-hybridized carbons (Fsp3) is 0.310. The van der Waals surface area contributed by atoms with Crippen LogP contribution < -0.4 is 5.32 Å². The standard InChI is InChI=1S/C29H32ClFN2O2S/c1-2-3-16-32-29(35)27(18-22-8-5-4-6-9-22)33(19-23-12-14-26(31)15-13-23)28(34)21-36-20-24-10-7-11-25(30)17-24/h4-15,17,27H,2-3,16,18-21H2,1H3,(H,32,35)/t27-/m0/s1. The lowest BCUT2D eigenvalue weighted by Gasteiger charge is -2.31. The van der Waals surface area contributed by atoms with Gasteiger partial charge in [0.15, 0.2) is 0 Å². The van der Waals surface area contributed by atoms with Crippen LogP contribution in [0.15, 0.2) is 78.9 Å². The van der Waals surface area contributed by atoms with Crippen molar-refractivity contribution in [3.05, 3.63) is 106 Å². The molecule has 0 fully saturated rings. The van der Waals surface area contributed by atoms with Crippen LogP contribution in [0.2, 0.25) is 5.02 Å². The summed E-state index contributed by atoms with van der Waals surface area (Å²) >= 11 is 7.57. The van der Waals surface area contributed by atoms with E-state index in [0.29, 0.717) is 23.7 Å². The average molecular weight is 527 g/mol. The molecule has 4 nitrogen and oxygen atoms in total. The van der Waals surface area contributed by atoms with Crippen LogP contribution in [0, 0.1) is 5.82 Å². The van der Waals surface area contributed by atoms with Gasteiger partial charge in [-0.25, -0.2) is 4.39 Å². The summed E-state index contributed by atoms with van der Waals surface area (Å²) < 4.78 is 13.5. The first-order valence-corrected chi connectivity index (χ1v) is 13.7. The van der Waals surface area contributed by atoms with E-state index in [2.05, 4.69) is 12.2 Å². The minimum atomic E-state index is -0.687. The maximum atomic E-state index is 13.6. The van der Waals surface area contributed by atoms with Gasteiger partial charge in [-0.2, -0.15) is 0 Å². The average Bonchev–Trinajstić information content (AvgIpc) is 2.88. The molecule has 3 aromatic carbocycles. The van der Waals surface area contributed by atoms with Gasteiger partial charge in [0.25, 0.3) is 0 Å². The SMILES string of the molecule is CCCCNC(=O)[C@H](Cc1ccccc1)N(Cc1ccc(F)cc1)C(=O)CSCc1cccc(Cl)c1. The summed E-state index contributed by atoms with van der Waals surface area (Å²) in [7, 11) is 0. The van der Waals surface area contributed by atoms with Crippen molar-refractivity contribution in [1.82, 2.24) is 10.2 Å². The molecule has 0 radical (unpaired) electrons. The molecule has 2 amide bonds. The number of unbranched alkanes of at least 4 members (excludes halogenated alkanes) is 1. The molecule has 0 saturated carbocycles. The Morgan fingerprint density at radius 1 is 0.972 bits per heavy atom. The number of nitrogens with zero attached hydrogens (tertiary/aromatic N) is 1. The van der Waals surface area contributed by atoms with Crippen LogP contribution in [0.5, 0.6) is 0 Å². The Kier molecular flexibility index (Phi) is 11.3. The zero-order valence-corrected chi connectivity index (χ0v) is 22.0. The molecular weight excluding hydrogens is 495 g/mol. The minimum absolute atomic E-state index is 0.141. The first-order valence-electron chi connectivity index (χ1n) is 12.1. The van der Waals surface area contributed by atoms with Gasteiger partial charge in [-0.05, 0) is 47.4 Å². The van der Waals surface area contributed by atoms with Crippen molar-refractivity contribution in [3.8, 4) is 0 Å². The summed E-state index contributed by atoms with van der Waals surface area (Å²) in [5, 5.41) is 3.66. The quantitative estimate of drug-likeness (QED) is 0.267. The van der Waals surface area contributed by atoms with Crippen LogP contribution >= 0.6 is 23.4 Å². The van der Waals surface area contributed by atoms with Gasteiger partial charge in [0.2, 0.25) is 11.8 Å². The molecule has 36 heavy (non-hydrogen) atoms. The van der Waals surface area contributed by atoms with E-state index in [1.807, 2.05) is 54.6 Å². The van der Waals surface area contributed by atoms with E-state index < -0.39 is 6.04 Å². The summed E-state index contributed by atoms with van der Waals surface area (Å²) in [4.78, 5) is 28.6. The molecule has 1 N–H and O–H groups in total. The fourth-order valence-electron chi connectivity index (χ4n) is 3.81. The van der Waals surface area contributed by atoms with Crippen molar-refractivity contribution < 1.29 is 14.0 Å². The van der Waals surface area contributed by atoms with Crippen LogP contribution in [0.3, 0.4) is 0 Å². The maximum absolute atomic E-state index is 13.6. The summed E-state index contributed by atoms with van der Waals surface area (Å²) in [6.07, 6.45) is 2.22. The van der Waals surface area contributed by atoms with E-state index >= 15 is 0 Å². The Morgan fingerprint density at radius 3 is 2.39 bits per heavy atom. The summed E-state index contributed by atoms with van der Waals surface area (Å²) in [6, 6.07) is 22.6. The monoisotopic (exact) mass is 526 g/mol. The van der Waals surface area contributed by atoms with Crippen molar-refractivity contribution in [2.45, 2.75) is 44.5 Å². The van der Waals surface area contributed by atoms with Gasteiger partial charge in [0, 0.05) is 30.3 Å². The van der Waals surface area contributed by atoms with Crippen molar-refractivity contribution in [2.75, 3.05) is 12.3 Å². The number of carbonyl (C=O) groups is 2. The van der Waals surface area contributed by atoms with Crippen LogP contribution in [0.25, 0.3) is 0 Å². The maximum Gasteiger partial charge on any atom is 0.243 e. The van der Waals surface area contributed by atoms with Crippen molar-refractivity contribution in [1.29, 1.82) is 0 Å². The Hall–Kier alpha value is -2.83. The third-order valence-electron chi connectivity index (χ3n) is 5.75. The van der Waals surface area contributed by atoms with Crippen molar-refractivity contribution in [2.24, 2.45) is 0 Å². The number of rotatable bonds is 13. The Morgan fingerprint density at radius 2 is 1.69 bits per heavy atom. The molecule has 0 aliphatic heterocycles. The third-order valence-corrected chi connectivity index (χ3v) is 6.97. The summed E-state index contributed by atoms with van der Waals surface area (Å²) in [5.74, 6) is 0.177. The molecule has 0 aliphatic rings. The molecule has 0 aromatic heterocycles. The molecule has 190 valence electrons. The molecule has 1 atom stereocenters. The lowest BCUT2D eigenvalue weighted by molar-refractivity contribution is -0.139. The Balaban J connectivity index is 1.82. The first-order chi connectivity index (χ1) is 17.5. The molecule has 0 heterocycles. The predicted molar refractivity (Wildman–Crippen MR) is 146 cm³/mol. The van der Waals surface area contributed by atoms with Gasteiger partial charge >= 0.3 is 0 Å². The zero-order chi connectivity index (χ0) is 25.8. The predicted octanol–water partition coefficient (Wildman–Crippen LogP) is 6.27. The smallest absolute Gasteiger partial charge is 0.243 e. The molecule has 0 spiro atoms. The number of nitrogens with one attached hydrogen (secondary N) is 1. The molecule has 7 heteroatoms. The fourth-order valence-corrected chi connectivity index (χ4v) is 4.88. The third kappa shape index (κ3) is 8.99. The number of thioether (sulfide) groups is 1. The highest BCUT2D eigenvalue weighted by Gasteiger charge is 2.30. The van der Waals surface area contributed by atoms with Crippen molar-refractivity contribution in [3.63, 3.8) is 0 Å². The van der Waals surface area contributed by atoms with Gasteiger partial charge in [0.05, 0.1) is 5.75 Å². The van der Waals surface area contributed by atoms with Crippen LogP contribution in [-0.2, 0) is 28.3 Å². The van der Waals surface area contributed by atoms with Gasteiger partial charge in [0.1, 0.15) is 11.9 Å². The van der Waals surface area contributed by atoms with Gasteiger partial charge in [-0.15, -0.1) is 11.8 Å². The lowest BCUT2D eigenvalue weighted by atomic mass is 10.0. The number of benzene rings is 3. The second-order valence-electron chi connectivity index (χ2n) is 8.62. The highest BCUT2D eigenvalue weighted by atomic mass is 35.5. The highest BCUT2D eigenvalue weighted by Crippen LogP contribution is 2.20. The van der Waals surface area contributed by atoms with E-state index in [0.717, 1.165) is 29.5 Å². The Labute approximate surface area is 222 Å². The normalized spacial score (nSPS) is 11.6. The molecule has 0 saturated heterocycles. The first kappa shape index (κ1) is 27.8. The lowest BCUT2D eigenvalue weighted by Crippen LogP contribution is -2.51. The molecule has 0 unspecified atom stereocenters. The second kappa shape index (κ2) is 14.7. The van der Waals surface area contributed by atoms with E-state index in [1.165, 1.54) is 23.9 Å². The number of amides is 2. The molecule has 3 rings (SSSR count). The van der Waals surface area contributed by atoms with E-state index in [-0.39, 0.29) is 29.9 Å². The molecule has 3 aromatic rings. The molecule has 0 aliphatic carbocycles. The van der Waals surface area contributed by atoms with E-state index in [9.17, 15) is 14.0 Å². The van der Waals surface area contributed by atoms with Crippen LogP contribution in [0.4, 0.5) is 4.39 Å². The zero-order valence-electron chi connectivity index (χ0n) is 20.5. The van der Waals surface area contributed by atoms with Gasteiger partial charge in [-0.3, -0.25) is 9.59 Å².